The Kier molecular flexibility index (Phi) is 4.97. The van der Waals surface area contributed by atoms with Gasteiger partial charge in [0.1, 0.15) is 11.6 Å². The van der Waals surface area contributed by atoms with Crippen molar-refractivity contribution in [3.05, 3.63) is 35.6 Å². The van der Waals surface area contributed by atoms with Crippen LogP contribution in [0, 0.1) is 12.7 Å². The van der Waals surface area contributed by atoms with E-state index in [0.29, 0.717) is 17.9 Å². The molecule has 144 valence electrons. The highest BCUT2D eigenvalue weighted by Gasteiger charge is 2.37. The summed E-state index contributed by atoms with van der Waals surface area (Å²) in [6, 6.07) is 6.22. The van der Waals surface area contributed by atoms with Gasteiger partial charge >= 0.3 is 0 Å². The average Bonchev–Trinajstić information content (AvgIpc) is 2.67. The highest BCUT2D eigenvalue weighted by atomic mass is 19.1. The van der Waals surface area contributed by atoms with Gasteiger partial charge in [-0.1, -0.05) is 6.92 Å². The molecule has 0 unspecified atom stereocenters. The highest BCUT2D eigenvalue weighted by molar-refractivity contribution is 5.70. The molecule has 0 radical (unpaired) electrons. The molecule has 7 heteroatoms. The summed E-state index contributed by atoms with van der Waals surface area (Å²) in [6.07, 6.45) is 1.26. The molecule has 2 fully saturated rings. The normalized spacial score (nSPS) is 23.3. The number of ether oxygens (including phenoxy) is 1. The number of nitrogens with zero attached hydrogens (tertiary/aromatic N) is 4. The summed E-state index contributed by atoms with van der Waals surface area (Å²) in [6.45, 7) is 8.66. The third-order valence-corrected chi connectivity index (χ3v) is 5.60. The van der Waals surface area contributed by atoms with Gasteiger partial charge in [0.25, 0.3) is 0 Å². The third-order valence-electron chi connectivity index (χ3n) is 5.60. The molecule has 1 aromatic carbocycles. The quantitative estimate of drug-likeness (QED) is 0.894. The van der Waals surface area contributed by atoms with Gasteiger partial charge in [-0.15, -0.1) is 10.2 Å². The molecule has 6 nitrogen and oxygen atoms in total. The summed E-state index contributed by atoms with van der Waals surface area (Å²) in [5, 5.41) is 18.9. The van der Waals surface area contributed by atoms with E-state index in [1.807, 2.05) is 13.0 Å². The van der Waals surface area contributed by atoms with Gasteiger partial charge in [-0.25, -0.2) is 4.39 Å². The van der Waals surface area contributed by atoms with Crippen LogP contribution in [0.25, 0.3) is 11.3 Å². The predicted molar refractivity (Wildman–Crippen MR) is 101 cm³/mol. The number of halogens is 1. The van der Waals surface area contributed by atoms with Crippen molar-refractivity contribution in [2.45, 2.75) is 32.4 Å². The van der Waals surface area contributed by atoms with Gasteiger partial charge in [-0.2, -0.15) is 0 Å². The van der Waals surface area contributed by atoms with Crippen molar-refractivity contribution in [3.63, 3.8) is 0 Å². The van der Waals surface area contributed by atoms with Crippen LogP contribution in [-0.2, 0) is 4.74 Å². The fraction of sp³-hybridized carbons (Fsp3) is 0.500. The van der Waals surface area contributed by atoms with E-state index >= 15 is 0 Å². The maximum absolute atomic E-state index is 13.3. The van der Waals surface area contributed by atoms with Gasteiger partial charge < -0.3 is 19.6 Å². The van der Waals surface area contributed by atoms with Crippen molar-refractivity contribution in [1.29, 1.82) is 0 Å². The van der Waals surface area contributed by atoms with Crippen molar-refractivity contribution < 1.29 is 14.2 Å². The summed E-state index contributed by atoms with van der Waals surface area (Å²) in [5.41, 5.74) is 1.95. The standard InChI is InChI=1S/C20H25FN4O2/c1-3-24-7-6-18-16(12-24)25(8-9-27-18)19-10-13(2)20(23-22-19)15-5-4-14(21)11-17(15)26/h4-5,10-11,16,18,26H,3,6-9,12H2,1-2H3/t16-,18+/m0/s1. The lowest BCUT2D eigenvalue weighted by Crippen LogP contribution is -2.60. The van der Waals surface area contributed by atoms with Gasteiger partial charge in [0.2, 0.25) is 0 Å². The Morgan fingerprint density at radius 3 is 2.85 bits per heavy atom. The molecule has 27 heavy (non-hydrogen) atoms. The molecular formula is C20H25FN4O2. The van der Waals surface area contributed by atoms with Crippen LogP contribution in [0.4, 0.5) is 10.2 Å². The van der Waals surface area contributed by atoms with Gasteiger partial charge in [-0.05, 0) is 43.7 Å². The predicted octanol–water partition coefficient (Wildman–Crippen LogP) is 2.60. The number of piperidine rings is 1. The Morgan fingerprint density at radius 2 is 2.11 bits per heavy atom. The van der Waals surface area contributed by atoms with E-state index in [2.05, 4.69) is 26.9 Å². The number of aromatic hydroxyl groups is 1. The summed E-state index contributed by atoms with van der Waals surface area (Å²) < 4.78 is 19.3. The average molecular weight is 372 g/mol. The topological polar surface area (TPSA) is 61.7 Å². The number of hydrogen-bond donors (Lipinski definition) is 1. The Hall–Kier alpha value is -2.25. The highest BCUT2D eigenvalue weighted by Crippen LogP contribution is 2.32. The second kappa shape index (κ2) is 7.40. The van der Waals surface area contributed by atoms with E-state index in [4.69, 9.17) is 4.74 Å². The third kappa shape index (κ3) is 3.49. The van der Waals surface area contributed by atoms with E-state index in [0.717, 1.165) is 50.0 Å². The van der Waals surface area contributed by atoms with Crippen LogP contribution in [0.1, 0.15) is 18.9 Å². The number of benzene rings is 1. The van der Waals surface area contributed by atoms with E-state index in [1.165, 1.54) is 12.1 Å². The summed E-state index contributed by atoms with van der Waals surface area (Å²) >= 11 is 0. The smallest absolute Gasteiger partial charge is 0.152 e. The van der Waals surface area contributed by atoms with Gasteiger partial charge in [0.05, 0.1) is 24.4 Å². The first kappa shape index (κ1) is 18.1. The van der Waals surface area contributed by atoms with Crippen LogP contribution < -0.4 is 4.90 Å². The lowest BCUT2D eigenvalue weighted by molar-refractivity contribution is -0.0282. The SMILES string of the molecule is CCN1CC[C@H]2OCCN(c3cc(C)c(-c4ccc(F)cc4O)nn3)[C@H]2C1. The molecule has 3 heterocycles. The van der Waals surface area contributed by atoms with Crippen LogP contribution in [0.5, 0.6) is 5.75 Å². The fourth-order valence-corrected chi connectivity index (χ4v) is 4.09. The van der Waals surface area contributed by atoms with E-state index in [-0.39, 0.29) is 17.9 Å². The molecule has 1 N–H and O–H groups in total. The Morgan fingerprint density at radius 1 is 1.26 bits per heavy atom. The molecule has 1 aromatic heterocycles. The lowest BCUT2D eigenvalue weighted by atomic mass is 9.98. The number of fused-ring (bicyclic) bond motifs is 1. The second-order valence-corrected chi connectivity index (χ2v) is 7.25. The molecule has 2 aliphatic rings. The zero-order valence-electron chi connectivity index (χ0n) is 15.7. The van der Waals surface area contributed by atoms with Crippen molar-refractivity contribution in [2.24, 2.45) is 0 Å². The summed E-state index contributed by atoms with van der Waals surface area (Å²) in [5.74, 6) is 0.224. The molecule has 2 saturated heterocycles. The fourth-order valence-electron chi connectivity index (χ4n) is 4.09. The van der Waals surface area contributed by atoms with Crippen LogP contribution >= 0.6 is 0 Å². The first-order valence-electron chi connectivity index (χ1n) is 9.50. The van der Waals surface area contributed by atoms with Crippen LogP contribution in [-0.4, -0.2) is 65.1 Å². The first-order chi connectivity index (χ1) is 13.1. The van der Waals surface area contributed by atoms with E-state index in [9.17, 15) is 9.50 Å². The van der Waals surface area contributed by atoms with Gasteiger partial charge in [0.15, 0.2) is 5.82 Å². The van der Waals surface area contributed by atoms with Crippen LogP contribution in [0.3, 0.4) is 0 Å². The largest absolute Gasteiger partial charge is 0.507 e. The molecule has 0 aliphatic carbocycles. The maximum Gasteiger partial charge on any atom is 0.152 e. The molecule has 0 spiro atoms. The first-order valence-corrected chi connectivity index (χ1v) is 9.50. The van der Waals surface area contributed by atoms with E-state index in [1.54, 1.807) is 0 Å². The van der Waals surface area contributed by atoms with Crippen molar-refractivity contribution in [3.8, 4) is 17.0 Å². The number of anilines is 1. The monoisotopic (exact) mass is 372 g/mol. The number of rotatable bonds is 3. The minimum absolute atomic E-state index is 0.127. The molecule has 2 aliphatic heterocycles. The molecule has 0 amide bonds. The number of likely N-dealkylation sites (N-methyl/N-ethyl adjacent to an activating group) is 1. The molecule has 0 bridgehead atoms. The Balaban J connectivity index is 1.63. The number of aromatic nitrogens is 2. The number of likely N-dealkylation sites (tertiary alicyclic amines) is 1. The summed E-state index contributed by atoms with van der Waals surface area (Å²) in [7, 11) is 0. The molecule has 2 atom stereocenters. The number of aryl methyl sites for hydroxylation is 1. The Bertz CT molecular complexity index is 832. The zero-order valence-corrected chi connectivity index (χ0v) is 15.7. The molecular weight excluding hydrogens is 347 g/mol. The molecule has 2 aromatic rings. The molecule has 4 rings (SSSR count). The summed E-state index contributed by atoms with van der Waals surface area (Å²) in [4.78, 5) is 4.73. The van der Waals surface area contributed by atoms with Crippen LogP contribution in [0.2, 0.25) is 0 Å². The van der Waals surface area contributed by atoms with Crippen molar-refractivity contribution >= 4 is 5.82 Å². The van der Waals surface area contributed by atoms with Crippen molar-refractivity contribution in [2.75, 3.05) is 37.7 Å². The zero-order chi connectivity index (χ0) is 19.0. The molecule has 0 saturated carbocycles. The number of morpholine rings is 1. The number of phenols is 1. The minimum Gasteiger partial charge on any atom is -0.507 e. The second-order valence-electron chi connectivity index (χ2n) is 7.25. The minimum atomic E-state index is -0.476. The number of hydrogen-bond acceptors (Lipinski definition) is 6. The maximum atomic E-state index is 13.3. The van der Waals surface area contributed by atoms with Crippen molar-refractivity contribution in [1.82, 2.24) is 15.1 Å². The number of phenolic OH excluding ortho intramolecular Hbond substituents is 1. The lowest BCUT2D eigenvalue weighted by Gasteiger charge is -2.47. The van der Waals surface area contributed by atoms with E-state index < -0.39 is 5.82 Å². The van der Waals surface area contributed by atoms with Gasteiger partial charge in [0, 0.05) is 31.3 Å². The van der Waals surface area contributed by atoms with Crippen LogP contribution in [0.15, 0.2) is 24.3 Å². The van der Waals surface area contributed by atoms with Gasteiger partial charge in [-0.3, -0.25) is 0 Å². The Labute approximate surface area is 158 Å².